The maximum absolute atomic E-state index is 5.19. The monoisotopic (exact) mass is 212 g/mol. The highest BCUT2D eigenvalue weighted by molar-refractivity contribution is 7.80. The first-order valence-electron chi connectivity index (χ1n) is 4.75. The first-order valence-corrected chi connectivity index (χ1v) is 5.16. The van der Waals surface area contributed by atoms with Crippen LogP contribution in [0, 0.1) is 0 Å². The summed E-state index contributed by atoms with van der Waals surface area (Å²) in [5, 5.41) is 6.93. The van der Waals surface area contributed by atoms with E-state index >= 15 is 0 Å². The zero-order valence-electron chi connectivity index (χ0n) is 8.54. The van der Waals surface area contributed by atoms with Crippen molar-refractivity contribution in [3.63, 3.8) is 0 Å². The van der Waals surface area contributed by atoms with Crippen molar-refractivity contribution in [2.45, 2.75) is 26.3 Å². The maximum Gasteiger partial charge on any atom is 0.166 e. The van der Waals surface area contributed by atoms with Crippen molar-refractivity contribution >= 4 is 17.3 Å². The Balaban J connectivity index is 2.12. The smallest absolute Gasteiger partial charge is 0.166 e. The summed E-state index contributed by atoms with van der Waals surface area (Å²) < 4.78 is 5.19. The Kier molecular flexibility index (Phi) is 4.46. The summed E-state index contributed by atoms with van der Waals surface area (Å²) in [6.45, 7) is 4.91. The van der Waals surface area contributed by atoms with Gasteiger partial charge in [0.25, 0.3) is 0 Å². The predicted octanol–water partition coefficient (Wildman–Crippen LogP) is 1.69. The molecule has 0 radical (unpaired) electrons. The zero-order valence-corrected chi connectivity index (χ0v) is 9.36. The molecule has 0 fully saturated rings. The lowest BCUT2D eigenvalue weighted by molar-refractivity contribution is 0.507. The topological polar surface area (TPSA) is 37.2 Å². The average Bonchev–Trinajstić information content (AvgIpc) is 2.55. The average molecular weight is 212 g/mol. The first kappa shape index (κ1) is 11.0. The van der Waals surface area contributed by atoms with Gasteiger partial charge in [-0.25, -0.2) is 0 Å². The SMILES string of the molecule is CC(C)NC(=S)NCCc1ccco1. The van der Waals surface area contributed by atoms with Gasteiger partial charge in [0.2, 0.25) is 0 Å². The summed E-state index contributed by atoms with van der Waals surface area (Å²) in [7, 11) is 0. The van der Waals surface area contributed by atoms with Gasteiger partial charge < -0.3 is 15.1 Å². The van der Waals surface area contributed by atoms with Crippen LogP contribution in [0.4, 0.5) is 0 Å². The summed E-state index contributed by atoms with van der Waals surface area (Å²) in [6.07, 6.45) is 2.53. The molecular formula is C10H16N2OS. The molecule has 0 aliphatic rings. The van der Waals surface area contributed by atoms with E-state index in [-0.39, 0.29) is 0 Å². The predicted molar refractivity (Wildman–Crippen MR) is 61.3 cm³/mol. The van der Waals surface area contributed by atoms with Gasteiger partial charge in [0.05, 0.1) is 6.26 Å². The second kappa shape index (κ2) is 5.65. The second-order valence-electron chi connectivity index (χ2n) is 3.38. The Bertz CT molecular complexity index is 270. The van der Waals surface area contributed by atoms with Crippen molar-refractivity contribution in [2.24, 2.45) is 0 Å². The van der Waals surface area contributed by atoms with E-state index in [0.29, 0.717) is 11.2 Å². The summed E-state index contributed by atoms with van der Waals surface area (Å²) >= 11 is 5.07. The molecule has 1 rings (SSSR count). The van der Waals surface area contributed by atoms with Crippen LogP contribution in [0.15, 0.2) is 22.8 Å². The van der Waals surface area contributed by atoms with E-state index < -0.39 is 0 Å². The Hall–Kier alpha value is -1.03. The van der Waals surface area contributed by atoms with E-state index in [2.05, 4.69) is 24.5 Å². The molecular weight excluding hydrogens is 196 g/mol. The number of hydrogen-bond acceptors (Lipinski definition) is 2. The van der Waals surface area contributed by atoms with Gasteiger partial charge in [-0.1, -0.05) is 0 Å². The Morgan fingerprint density at radius 2 is 2.36 bits per heavy atom. The molecule has 78 valence electrons. The Morgan fingerprint density at radius 1 is 1.57 bits per heavy atom. The van der Waals surface area contributed by atoms with Crippen LogP contribution in [-0.2, 0) is 6.42 Å². The molecule has 3 nitrogen and oxygen atoms in total. The van der Waals surface area contributed by atoms with E-state index in [1.807, 2.05) is 12.1 Å². The van der Waals surface area contributed by atoms with Crippen LogP contribution in [-0.4, -0.2) is 17.7 Å². The van der Waals surface area contributed by atoms with Crippen LogP contribution < -0.4 is 10.6 Å². The van der Waals surface area contributed by atoms with Gasteiger partial charge in [-0.2, -0.15) is 0 Å². The third kappa shape index (κ3) is 4.28. The molecule has 0 amide bonds. The zero-order chi connectivity index (χ0) is 10.4. The van der Waals surface area contributed by atoms with Crippen LogP contribution in [0.2, 0.25) is 0 Å². The highest BCUT2D eigenvalue weighted by Crippen LogP contribution is 1.99. The summed E-state index contributed by atoms with van der Waals surface area (Å²) in [4.78, 5) is 0. The van der Waals surface area contributed by atoms with E-state index in [4.69, 9.17) is 16.6 Å². The molecule has 0 saturated carbocycles. The molecule has 0 aliphatic heterocycles. The minimum Gasteiger partial charge on any atom is -0.469 e. The third-order valence-electron chi connectivity index (χ3n) is 1.66. The number of furan rings is 1. The summed E-state index contributed by atoms with van der Waals surface area (Å²) in [5.74, 6) is 0.977. The van der Waals surface area contributed by atoms with Crippen LogP contribution in [0.25, 0.3) is 0 Å². The third-order valence-corrected chi connectivity index (χ3v) is 1.92. The fourth-order valence-corrected chi connectivity index (χ4v) is 1.41. The highest BCUT2D eigenvalue weighted by atomic mass is 32.1. The van der Waals surface area contributed by atoms with Crippen molar-refractivity contribution in [3.05, 3.63) is 24.2 Å². The van der Waals surface area contributed by atoms with Crippen molar-refractivity contribution < 1.29 is 4.42 Å². The highest BCUT2D eigenvalue weighted by Gasteiger charge is 1.98. The molecule has 0 aliphatic carbocycles. The Labute approximate surface area is 89.9 Å². The molecule has 0 saturated heterocycles. The first-order chi connectivity index (χ1) is 6.68. The van der Waals surface area contributed by atoms with Gasteiger partial charge in [-0.05, 0) is 38.2 Å². The molecule has 0 atom stereocenters. The normalized spacial score (nSPS) is 10.2. The van der Waals surface area contributed by atoms with Gasteiger partial charge in [-0.3, -0.25) is 0 Å². The van der Waals surface area contributed by atoms with E-state index in [1.54, 1.807) is 6.26 Å². The summed E-state index contributed by atoms with van der Waals surface area (Å²) in [6, 6.07) is 4.22. The summed E-state index contributed by atoms with van der Waals surface area (Å²) in [5.41, 5.74) is 0. The van der Waals surface area contributed by atoms with Gasteiger partial charge in [0.15, 0.2) is 5.11 Å². The fraction of sp³-hybridized carbons (Fsp3) is 0.500. The molecule has 1 aromatic rings. The molecule has 1 aromatic heterocycles. The lowest BCUT2D eigenvalue weighted by Crippen LogP contribution is -2.39. The number of nitrogens with one attached hydrogen (secondary N) is 2. The van der Waals surface area contributed by atoms with Crippen LogP contribution in [0.5, 0.6) is 0 Å². The van der Waals surface area contributed by atoms with Crippen LogP contribution in [0.3, 0.4) is 0 Å². The molecule has 0 bridgehead atoms. The largest absolute Gasteiger partial charge is 0.469 e. The number of thiocarbonyl (C=S) groups is 1. The fourth-order valence-electron chi connectivity index (χ4n) is 1.07. The molecule has 4 heteroatoms. The lowest BCUT2D eigenvalue weighted by atomic mass is 10.3. The number of rotatable bonds is 4. The molecule has 14 heavy (non-hydrogen) atoms. The van der Waals surface area contributed by atoms with Crippen molar-refractivity contribution in [1.82, 2.24) is 10.6 Å². The number of hydrogen-bond donors (Lipinski definition) is 2. The molecule has 0 aromatic carbocycles. The second-order valence-corrected chi connectivity index (χ2v) is 3.79. The minimum atomic E-state index is 0.374. The van der Waals surface area contributed by atoms with Crippen molar-refractivity contribution in [1.29, 1.82) is 0 Å². The van der Waals surface area contributed by atoms with Crippen LogP contribution >= 0.6 is 12.2 Å². The van der Waals surface area contributed by atoms with Crippen molar-refractivity contribution in [2.75, 3.05) is 6.54 Å². The van der Waals surface area contributed by atoms with Gasteiger partial charge >= 0.3 is 0 Å². The quantitative estimate of drug-likeness (QED) is 0.745. The maximum atomic E-state index is 5.19. The molecule has 2 N–H and O–H groups in total. The van der Waals surface area contributed by atoms with Gasteiger partial charge in [0, 0.05) is 19.0 Å². The molecule has 1 heterocycles. The Morgan fingerprint density at radius 3 is 2.93 bits per heavy atom. The lowest BCUT2D eigenvalue weighted by Gasteiger charge is -2.12. The van der Waals surface area contributed by atoms with Crippen molar-refractivity contribution in [3.8, 4) is 0 Å². The van der Waals surface area contributed by atoms with E-state index in [1.165, 1.54) is 0 Å². The van der Waals surface area contributed by atoms with Gasteiger partial charge in [-0.15, -0.1) is 0 Å². The van der Waals surface area contributed by atoms with Crippen LogP contribution in [0.1, 0.15) is 19.6 Å². The molecule has 0 spiro atoms. The standard InChI is InChI=1S/C10H16N2OS/c1-8(2)12-10(14)11-6-5-9-4-3-7-13-9/h3-4,7-8H,5-6H2,1-2H3,(H2,11,12,14). The minimum absolute atomic E-state index is 0.374. The molecule has 0 unspecified atom stereocenters. The van der Waals surface area contributed by atoms with Gasteiger partial charge in [0.1, 0.15) is 5.76 Å². The van der Waals surface area contributed by atoms with E-state index in [0.717, 1.165) is 18.7 Å². The van der Waals surface area contributed by atoms with E-state index in [9.17, 15) is 0 Å².